The summed E-state index contributed by atoms with van der Waals surface area (Å²) in [6.07, 6.45) is 0.490. The fourth-order valence-corrected chi connectivity index (χ4v) is 4.59. The van der Waals surface area contributed by atoms with E-state index in [0.717, 1.165) is 11.1 Å². The van der Waals surface area contributed by atoms with Gasteiger partial charge in [-0.3, -0.25) is 14.5 Å². The molecule has 1 saturated heterocycles. The number of ether oxygens (including phenoxy) is 2. The van der Waals surface area contributed by atoms with Gasteiger partial charge in [-0.25, -0.2) is 0 Å². The Bertz CT molecular complexity index is 915. The van der Waals surface area contributed by atoms with Crippen LogP contribution in [0.15, 0.2) is 54.6 Å². The molecule has 0 radical (unpaired) electrons. The molecule has 2 aromatic rings. The van der Waals surface area contributed by atoms with Crippen LogP contribution in [0.4, 0.5) is 0 Å². The average Bonchev–Trinajstić information content (AvgIpc) is 3.08. The van der Waals surface area contributed by atoms with Crippen molar-refractivity contribution in [2.45, 2.75) is 37.8 Å². The molecular formula is C23H26NO5P. The minimum atomic E-state index is -0.900. The van der Waals surface area contributed by atoms with Crippen LogP contribution < -0.4 is 4.74 Å². The van der Waals surface area contributed by atoms with Crippen molar-refractivity contribution in [1.29, 1.82) is 0 Å². The Kier molecular flexibility index (Phi) is 6.91. The van der Waals surface area contributed by atoms with E-state index in [0.29, 0.717) is 30.7 Å². The van der Waals surface area contributed by atoms with Gasteiger partial charge in [-0.2, -0.15) is 0 Å². The summed E-state index contributed by atoms with van der Waals surface area (Å²) in [4.78, 5) is 25.6. The number of esters is 1. The van der Waals surface area contributed by atoms with Gasteiger partial charge in [0.1, 0.15) is 18.4 Å². The quantitative estimate of drug-likeness (QED) is 0.513. The largest absolute Gasteiger partial charge is 0.489 e. The van der Waals surface area contributed by atoms with E-state index in [2.05, 4.69) is 8.86 Å². The van der Waals surface area contributed by atoms with Crippen molar-refractivity contribution in [2.75, 3.05) is 13.7 Å². The summed E-state index contributed by atoms with van der Waals surface area (Å²) in [5.41, 5.74) is 1.87. The number of hydrogen-bond donors (Lipinski definition) is 1. The number of carbonyl (C=O) groups excluding carboxylic acids is 1. The van der Waals surface area contributed by atoms with Gasteiger partial charge in [-0.1, -0.05) is 42.5 Å². The SMILES string of the molecule is COC(=O)C(C)N1CCC(CC(=O)O)(c2ccc(OCc3ccccc3)cc2)C1=P. The Morgan fingerprint density at radius 1 is 1.17 bits per heavy atom. The lowest BCUT2D eigenvalue weighted by Crippen LogP contribution is -2.44. The second-order valence-corrected chi connectivity index (χ2v) is 7.92. The average molecular weight is 427 g/mol. The molecule has 1 fully saturated rings. The molecule has 2 aromatic carbocycles. The lowest BCUT2D eigenvalue weighted by Gasteiger charge is -2.32. The van der Waals surface area contributed by atoms with Crippen LogP contribution in [0.1, 0.15) is 30.9 Å². The molecule has 3 rings (SSSR count). The van der Waals surface area contributed by atoms with Gasteiger partial charge >= 0.3 is 11.9 Å². The molecular weight excluding hydrogens is 401 g/mol. The van der Waals surface area contributed by atoms with Crippen molar-refractivity contribution in [3.8, 4) is 5.75 Å². The topological polar surface area (TPSA) is 76.1 Å². The monoisotopic (exact) mass is 427 g/mol. The molecule has 30 heavy (non-hydrogen) atoms. The van der Waals surface area contributed by atoms with Crippen molar-refractivity contribution in [2.24, 2.45) is 0 Å². The van der Waals surface area contributed by atoms with Crippen LogP contribution in [-0.2, 0) is 26.3 Å². The molecule has 6 nitrogen and oxygen atoms in total. The van der Waals surface area contributed by atoms with Gasteiger partial charge in [-0.05, 0) is 36.6 Å². The van der Waals surface area contributed by atoms with Crippen LogP contribution in [0, 0.1) is 0 Å². The first-order chi connectivity index (χ1) is 14.4. The number of aliphatic carboxylic acids is 1. The molecule has 1 aliphatic rings. The number of carboxylic acids is 1. The third kappa shape index (κ3) is 4.55. The molecule has 1 heterocycles. The van der Waals surface area contributed by atoms with Crippen LogP contribution in [-0.4, -0.2) is 47.1 Å². The summed E-state index contributed by atoms with van der Waals surface area (Å²) in [6, 6.07) is 16.9. The molecule has 0 saturated carbocycles. The maximum atomic E-state index is 12.0. The second kappa shape index (κ2) is 9.41. The van der Waals surface area contributed by atoms with Crippen LogP contribution in [0.2, 0.25) is 0 Å². The van der Waals surface area contributed by atoms with Gasteiger partial charge in [0, 0.05) is 17.4 Å². The first-order valence-electron chi connectivity index (χ1n) is 9.80. The lowest BCUT2D eigenvalue weighted by atomic mass is 9.76. The number of carbonyl (C=O) groups is 2. The smallest absolute Gasteiger partial charge is 0.323 e. The first-order valence-corrected chi connectivity index (χ1v) is 10.3. The molecule has 1 aliphatic heterocycles. The standard InChI is InChI=1S/C23H26NO5P/c1-16(21(27)28-2)24-13-12-23(22(24)30,14-20(25)26)18-8-10-19(11-9-18)29-15-17-6-4-3-5-7-17/h3-11,16,30H,12-15H2,1-2H3,(H,25,26). The van der Waals surface area contributed by atoms with Crippen molar-refractivity contribution in [1.82, 2.24) is 4.90 Å². The van der Waals surface area contributed by atoms with E-state index in [1.165, 1.54) is 7.11 Å². The molecule has 0 aliphatic carbocycles. The molecule has 1 N–H and O–H groups in total. The van der Waals surface area contributed by atoms with Crippen molar-refractivity contribution >= 4 is 26.2 Å². The van der Waals surface area contributed by atoms with Crippen molar-refractivity contribution in [3.63, 3.8) is 0 Å². The Hall–Kier alpha value is -2.69. The highest BCUT2D eigenvalue weighted by molar-refractivity contribution is 7.21. The molecule has 158 valence electrons. The van der Waals surface area contributed by atoms with Crippen molar-refractivity contribution < 1.29 is 24.2 Å². The number of carboxylic acid groups (broad SMARTS) is 1. The fourth-order valence-electron chi connectivity index (χ4n) is 3.93. The zero-order valence-corrected chi connectivity index (χ0v) is 18.1. The van der Waals surface area contributed by atoms with Gasteiger partial charge in [0.25, 0.3) is 0 Å². The van der Waals surface area contributed by atoms with Crippen LogP contribution in [0.5, 0.6) is 5.75 Å². The summed E-state index contributed by atoms with van der Waals surface area (Å²) >= 11 is 0. The highest BCUT2D eigenvalue weighted by Gasteiger charge is 2.47. The van der Waals surface area contributed by atoms with Gasteiger partial charge in [0.15, 0.2) is 0 Å². The number of hydrogen-bond acceptors (Lipinski definition) is 4. The van der Waals surface area contributed by atoms with Gasteiger partial charge in [0.2, 0.25) is 0 Å². The molecule has 0 aromatic heterocycles. The minimum Gasteiger partial charge on any atom is -0.489 e. The number of benzene rings is 2. The summed E-state index contributed by atoms with van der Waals surface area (Å²) in [7, 11) is 5.02. The third-order valence-electron chi connectivity index (χ3n) is 5.64. The van der Waals surface area contributed by atoms with E-state index in [-0.39, 0.29) is 12.4 Å². The molecule has 7 heteroatoms. The van der Waals surface area contributed by atoms with Crippen LogP contribution >= 0.6 is 8.86 Å². The van der Waals surface area contributed by atoms with E-state index < -0.39 is 17.4 Å². The minimum absolute atomic E-state index is 0.0829. The Balaban J connectivity index is 1.81. The third-order valence-corrected chi connectivity index (χ3v) is 6.40. The predicted molar refractivity (Wildman–Crippen MR) is 117 cm³/mol. The van der Waals surface area contributed by atoms with Crippen LogP contribution in [0.25, 0.3) is 0 Å². The summed E-state index contributed by atoms with van der Waals surface area (Å²) in [6.45, 7) is 2.76. The van der Waals surface area contributed by atoms with E-state index in [4.69, 9.17) is 9.47 Å². The Morgan fingerprint density at radius 2 is 1.83 bits per heavy atom. The second-order valence-electron chi connectivity index (χ2n) is 7.44. The molecule has 0 amide bonds. The molecule has 2 unspecified atom stereocenters. The lowest BCUT2D eigenvalue weighted by molar-refractivity contribution is -0.144. The Labute approximate surface area is 178 Å². The van der Waals surface area contributed by atoms with E-state index >= 15 is 0 Å². The number of nitrogens with zero attached hydrogens (tertiary/aromatic N) is 1. The molecule has 2 atom stereocenters. The summed E-state index contributed by atoms with van der Waals surface area (Å²) < 4.78 is 10.7. The maximum absolute atomic E-state index is 12.0. The van der Waals surface area contributed by atoms with E-state index in [1.807, 2.05) is 59.5 Å². The van der Waals surface area contributed by atoms with Gasteiger partial charge in [-0.15, -0.1) is 8.86 Å². The fraction of sp³-hybridized carbons (Fsp3) is 0.348. The summed E-state index contributed by atoms with van der Waals surface area (Å²) in [5.74, 6) is -0.550. The first kappa shape index (κ1) is 22.0. The zero-order chi connectivity index (χ0) is 21.7. The molecule has 0 spiro atoms. The maximum Gasteiger partial charge on any atom is 0.323 e. The van der Waals surface area contributed by atoms with Crippen molar-refractivity contribution in [3.05, 3.63) is 65.7 Å². The summed E-state index contributed by atoms with van der Waals surface area (Å²) in [5, 5.41) is 9.59. The Morgan fingerprint density at radius 3 is 2.43 bits per heavy atom. The predicted octanol–water partition coefficient (Wildman–Crippen LogP) is 3.52. The zero-order valence-electron chi connectivity index (χ0n) is 17.1. The number of methoxy groups -OCH3 is 1. The number of rotatable bonds is 8. The normalized spacial score (nSPS) is 20.0. The highest BCUT2D eigenvalue weighted by atomic mass is 31.0. The highest BCUT2D eigenvalue weighted by Crippen LogP contribution is 2.42. The van der Waals surface area contributed by atoms with Gasteiger partial charge < -0.3 is 14.6 Å². The molecule has 0 bridgehead atoms. The van der Waals surface area contributed by atoms with E-state index in [9.17, 15) is 14.7 Å². The van der Waals surface area contributed by atoms with Gasteiger partial charge in [0.05, 0.1) is 13.5 Å². The van der Waals surface area contributed by atoms with E-state index in [1.54, 1.807) is 6.92 Å². The van der Waals surface area contributed by atoms with Crippen LogP contribution in [0.3, 0.4) is 0 Å². The number of likely N-dealkylation sites (tertiary alicyclic amines) is 1.